The Morgan fingerprint density at radius 1 is 0.359 bits per heavy atom. The quantitative estimate of drug-likeness (QED) is 0.173. The summed E-state index contributed by atoms with van der Waals surface area (Å²) >= 11 is 0. The van der Waals surface area contributed by atoms with Crippen LogP contribution in [0.5, 0.6) is 0 Å². The lowest BCUT2D eigenvalue weighted by molar-refractivity contribution is 0.669. The van der Waals surface area contributed by atoms with Crippen LogP contribution in [0.3, 0.4) is 0 Å². The fraction of sp³-hybridized carbons (Fsp3) is 0. The van der Waals surface area contributed by atoms with Crippen LogP contribution in [0.1, 0.15) is 0 Å². The smallest absolute Gasteiger partial charge is 0.238 e. The van der Waals surface area contributed by atoms with Crippen molar-refractivity contribution in [1.29, 1.82) is 0 Å². The number of rotatable bonds is 5. The van der Waals surface area contributed by atoms with Crippen molar-refractivity contribution in [1.82, 2.24) is 28.7 Å². The fourth-order valence-electron chi connectivity index (χ4n) is 10.2. The third-order valence-corrected chi connectivity index (χ3v) is 12.9. The van der Waals surface area contributed by atoms with E-state index < -0.39 is 0 Å². The van der Waals surface area contributed by atoms with Crippen LogP contribution in [0.25, 0.3) is 127 Å². The van der Waals surface area contributed by atoms with Crippen LogP contribution in [-0.2, 0) is 0 Å². The molecule has 5 heterocycles. The van der Waals surface area contributed by atoms with Crippen molar-refractivity contribution in [2.24, 2.45) is 0 Å². The van der Waals surface area contributed by atoms with Gasteiger partial charge in [0, 0.05) is 54.3 Å². The van der Waals surface area contributed by atoms with E-state index in [0.29, 0.717) is 17.6 Å². The van der Waals surface area contributed by atoms with E-state index in [1.54, 1.807) is 0 Å². The van der Waals surface area contributed by atoms with Crippen LogP contribution in [-0.4, -0.2) is 28.7 Å². The Balaban J connectivity index is 1.18. The number of nitrogens with zero attached hydrogens (tertiary/aromatic N) is 6. The van der Waals surface area contributed by atoms with Crippen molar-refractivity contribution in [3.63, 3.8) is 0 Å². The summed E-state index contributed by atoms with van der Waals surface area (Å²) in [6.07, 6.45) is 0. The Bertz CT molecular complexity index is 4140. The zero-order valence-corrected chi connectivity index (χ0v) is 34.2. The molecule has 14 rings (SSSR count). The first kappa shape index (κ1) is 34.9. The van der Waals surface area contributed by atoms with Crippen LogP contribution in [0.4, 0.5) is 0 Å². The van der Waals surface area contributed by atoms with Gasteiger partial charge < -0.3 is 13.6 Å². The van der Waals surface area contributed by atoms with Gasteiger partial charge in [0.2, 0.25) is 5.95 Å². The Hall–Kier alpha value is -8.81. The molecule has 0 atom stereocenters. The first-order chi connectivity index (χ1) is 31.8. The van der Waals surface area contributed by atoms with Crippen molar-refractivity contribution in [2.75, 3.05) is 0 Å². The molecule has 0 amide bonds. The number of para-hydroxylation sites is 7. The Kier molecular flexibility index (Phi) is 7.27. The summed E-state index contributed by atoms with van der Waals surface area (Å²) in [5.74, 6) is 1.61. The summed E-state index contributed by atoms with van der Waals surface area (Å²) in [5.41, 5.74) is 11.9. The standard InChI is InChI=1S/C57H34N6O/c1-3-18-35(19-4-1)55-58-56(43-28-17-27-40-39-24-11-16-33-50(39)64-54(40)43)60-57(59-55)63-47-32-15-10-26-42(47)52-49(63)34-48(62-44-29-12-7-22-37(44)38-23-8-13-30-45(38)62)51-41-25-9-14-31-46(41)61(53(51)52)36-20-5-2-6-21-36/h1-34H. The van der Waals surface area contributed by atoms with Gasteiger partial charge in [-0.05, 0) is 54.6 Å². The number of furan rings is 1. The van der Waals surface area contributed by atoms with Crippen molar-refractivity contribution in [3.8, 4) is 40.1 Å². The number of hydrogen-bond donors (Lipinski definition) is 0. The van der Waals surface area contributed by atoms with Gasteiger partial charge in [0.1, 0.15) is 11.2 Å². The second-order valence-electron chi connectivity index (χ2n) is 16.4. The van der Waals surface area contributed by atoms with E-state index in [2.05, 4.69) is 177 Å². The highest BCUT2D eigenvalue weighted by Gasteiger charge is 2.27. The van der Waals surface area contributed by atoms with Crippen LogP contribution in [0.15, 0.2) is 211 Å². The Morgan fingerprint density at radius 3 is 1.59 bits per heavy atom. The maximum atomic E-state index is 6.60. The second kappa shape index (κ2) is 13.3. The summed E-state index contributed by atoms with van der Waals surface area (Å²) in [5, 5.41) is 9.01. The van der Waals surface area contributed by atoms with Crippen LogP contribution in [0.2, 0.25) is 0 Å². The van der Waals surface area contributed by atoms with E-state index in [1.165, 1.54) is 21.5 Å². The highest BCUT2D eigenvalue weighted by molar-refractivity contribution is 6.29. The molecule has 0 fully saturated rings. The van der Waals surface area contributed by atoms with Crippen LogP contribution < -0.4 is 0 Å². The molecule has 0 aliphatic rings. The van der Waals surface area contributed by atoms with Gasteiger partial charge in [-0.15, -0.1) is 0 Å². The summed E-state index contributed by atoms with van der Waals surface area (Å²) < 4.78 is 13.7. The molecule has 0 saturated heterocycles. The van der Waals surface area contributed by atoms with Crippen molar-refractivity contribution in [3.05, 3.63) is 206 Å². The van der Waals surface area contributed by atoms with Gasteiger partial charge in [0.25, 0.3) is 0 Å². The largest absolute Gasteiger partial charge is 0.455 e. The second-order valence-corrected chi connectivity index (χ2v) is 16.4. The molecule has 14 aromatic rings. The van der Waals surface area contributed by atoms with Gasteiger partial charge in [0.15, 0.2) is 11.6 Å². The zero-order valence-electron chi connectivity index (χ0n) is 34.2. The van der Waals surface area contributed by atoms with E-state index in [4.69, 9.17) is 19.4 Å². The van der Waals surface area contributed by atoms with Crippen LogP contribution in [0, 0.1) is 0 Å². The van der Waals surface area contributed by atoms with Crippen molar-refractivity contribution < 1.29 is 4.42 Å². The minimum Gasteiger partial charge on any atom is -0.455 e. The molecule has 0 aliphatic carbocycles. The van der Waals surface area contributed by atoms with E-state index in [1.807, 2.05) is 42.5 Å². The average Bonchev–Trinajstić information content (AvgIpc) is 4.11. The maximum absolute atomic E-state index is 6.60. The number of aromatic nitrogens is 6. The highest BCUT2D eigenvalue weighted by atomic mass is 16.3. The molecule has 298 valence electrons. The number of benzene rings is 9. The maximum Gasteiger partial charge on any atom is 0.238 e. The summed E-state index contributed by atoms with van der Waals surface area (Å²) in [6.45, 7) is 0. The third kappa shape index (κ3) is 4.89. The molecule has 64 heavy (non-hydrogen) atoms. The molecule has 5 aromatic heterocycles. The lowest BCUT2D eigenvalue weighted by atomic mass is 10.0. The molecule has 0 aliphatic heterocycles. The van der Waals surface area contributed by atoms with E-state index in [0.717, 1.165) is 88.3 Å². The lowest BCUT2D eigenvalue weighted by Gasteiger charge is -2.15. The molecule has 7 nitrogen and oxygen atoms in total. The molecule has 0 saturated carbocycles. The molecule has 0 N–H and O–H groups in total. The molecular weight excluding hydrogens is 785 g/mol. The van der Waals surface area contributed by atoms with Gasteiger partial charge in [0.05, 0.1) is 44.4 Å². The zero-order chi connectivity index (χ0) is 41.9. The van der Waals surface area contributed by atoms with E-state index in [-0.39, 0.29) is 0 Å². The molecule has 0 unspecified atom stereocenters. The Morgan fingerprint density at radius 2 is 0.891 bits per heavy atom. The molecule has 0 spiro atoms. The first-order valence-corrected chi connectivity index (χ1v) is 21.5. The summed E-state index contributed by atoms with van der Waals surface area (Å²) in [4.78, 5) is 16.1. The van der Waals surface area contributed by atoms with Gasteiger partial charge in [-0.1, -0.05) is 152 Å². The number of hydrogen-bond acceptors (Lipinski definition) is 4. The fourth-order valence-corrected chi connectivity index (χ4v) is 10.2. The van der Waals surface area contributed by atoms with E-state index >= 15 is 0 Å². The molecule has 0 radical (unpaired) electrons. The van der Waals surface area contributed by atoms with Crippen molar-refractivity contribution in [2.45, 2.75) is 0 Å². The van der Waals surface area contributed by atoms with Gasteiger partial charge >= 0.3 is 0 Å². The van der Waals surface area contributed by atoms with Crippen molar-refractivity contribution >= 4 is 87.4 Å². The first-order valence-electron chi connectivity index (χ1n) is 21.5. The lowest BCUT2D eigenvalue weighted by Crippen LogP contribution is -2.07. The molecule has 0 bridgehead atoms. The monoisotopic (exact) mass is 818 g/mol. The molecule has 7 heteroatoms. The van der Waals surface area contributed by atoms with Gasteiger partial charge in [-0.2, -0.15) is 9.97 Å². The van der Waals surface area contributed by atoms with Crippen LogP contribution >= 0.6 is 0 Å². The normalized spacial score (nSPS) is 12.1. The minimum absolute atomic E-state index is 0.512. The predicted octanol–water partition coefficient (Wildman–Crippen LogP) is 14.4. The number of fused-ring (bicyclic) bond motifs is 13. The summed E-state index contributed by atoms with van der Waals surface area (Å²) in [7, 11) is 0. The topological polar surface area (TPSA) is 66.6 Å². The highest BCUT2D eigenvalue weighted by Crippen LogP contribution is 2.47. The SMILES string of the molecule is c1ccc(-c2nc(-c3cccc4c3oc3ccccc34)nc(-n3c4ccccc4c4c3cc(-n3c5ccccc5c5ccccc53)c3c5ccccc5n(-c5ccccc5)c34)n2)cc1. The predicted molar refractivity (Wildman–Crippen MR) is 261 cm³/mol. The Labute approximate surface area is 365 Å². The average molecular weight is 819 g/mol. The minimum atomic E-state index is 0.512. The summed E-state index contributed by atoms with van der Waals surface area (Å²) in [6, 6.07) is 72.5. The van der Waals surface area contributed by atoms with Gasteiger partial charge in [-0.3, -0.25) is 4.57 Å². The third-order valence-electron chi connectivity index (χ3n) is 12.9. The van der Waals surface area contributed by atoms with E-state index in [9.17, 15) is 0 Å². The molecule has 9 aromatic carbocycles. The van der Waals surface area contributed by atoms with Gasteiger partial charge in [-0.25, -0.2) is 4.98 Å². The molecular formula is C57H34N6O.